The van der Waals surface area contributed by atoms with Crippen LogP contribution in [0.5, 0.6) is 0 Å². The Morgan fingerprint density at radius 1 is 1.50 bits per heavy atom. The minimum absolute atomic E-state index is 0.0661. The average Bonchev–Trinajstić information content (AvgIpc) is 2.70. The predicted octanol–water partition coefficient (Wildman–Crippen LogP) is 0.617. The van der Waals surface area contributed by atoms with E-state index in [2.05, 4.69) is 9.71 Å². The molecule has 1 heterocycles. The van der Waals surface area contributed by atoms with Crippen LogP contribution in [-0.4, -0.2) is 30.6 Å². The molecular weight excluding hydrogens is 252 g/mol. The van der Waals surface area contributed by atoms with Crippen LogP contribution in [0.4, 0.5) is 0 Å². The van der Waals surface area contributed by atoms with E-state index in [9.17, 15) is 8.42 Å². The normalized spacial score (nSPS) is 13.8. The van der Waals surface area contributed by atoms with E-state index < -0.39 is 10.0 Å². The molecule has 18 heavy (non-hydrogen) atoms. The minimum Gasteiger partial charge on any atom is -0.334 e. The van der Waals surface area contributed by atoms with Crippen LogP contribution in [0.25, 0.3) is 0 Å². The Bertz CT molecular complexity index is 481. The number of nitrogens with one attached hydrogen (secondary N) is 1. The number of hydrogen-bond donors (Lipinski definition) is 2. The third kappa shape index (κ3) is 3.54. The third-order valence-corrected chi connectivity index (χ3v) is 4.20. The summed E-state index contributed by atoms with van der Waals surface area (Å²) >= 11 is 0. The smallest absolute Gasteiger partial charge is 0.259 e. The van der Waals surface area contributed by atoms with E-state index in [1.807, 2.05) is 13.8 Å². The zero-order valence-corrected chi connectivity index (χ0v) is 12.0. The number of nitrogens with two attached hydrogens (primary N) is 1. The van der Waals surface area contributed by atoms with Gasteiger partial charge < -0.3 is 10.3 Å². The fourth-order valence-electron chi connectivity index (χ4n) is 1.78. The Morgan fingerprint density at radius 3 is 2.61 bits per heavy atom. The SMILES string of the molecule is CCCC(CN)NS(=O)(=O)c1cn(CC)c(C)n1. The fraction of sp³-hybridized carbons (Fsp3) is 0.727. The standard InChI is InChI=1S/C11H22N4O2S/c1-4-6-10(7-12)14-18(16,17)11-8-15(5-2)9(3)13-11/h8,10,14H,4-7,12H2,1-3H3. The number of sulfonamides is 1. The summed E-state index contributed by atoms with van der Waals surface area (Å²) in [5.41, 5.74) is 5.55. The first-order valence-corrected chi connectivity index (χ1v) is 7.69. The van der Waals surface area contributed by atoms with Gasteiger partial charge >= 0.3 is 0 Å². The Kier molecular flexibility index (Phi) is 5.30. The van der Waals surface area contributed by atoms with Crippen molar-refractivity contribution >= 4 is 10.0 Å². The van der Waals surface area contributed by atoms with Gasteiger partial charge in [-0.1, -0.05) is 13.3 Å². The van der Waals surface area contributed by atoms with Gasteiger partial charge in [0.1, 0.15) is 5.82 Å². The van der Waals surface area contributed by atoms with E-state index in [0.29, 0.717) is 18.9 Å². The first kappa shape index (κ1) is 15.1. The highest BCUT2D eigenvalue weighted by molar-refractivity contribution is 7.89. The summed E-state index contributed by atoms with van der Waals surface area (Å²) in [5, 5.41) is 0.0661. The molecule has 6 nitrogen and oxygen atoms in total. The molecule has 0 saturated carbocycles. The van der Waals surface area contributed by atoms with Crippen molar-refractivity contribution in [2.75, 3.05) is 6.54 Å². The van der Waals surface area contributed by atoms with Crippen LogP contribution in [0.15, 0.2) is 11.2 Å². The highest BCUT2D eigenvalue weighted by atomic mass is 32.2. The van der Waals surface area contributed by atoms with Gasteiger partial charge in [0.2, 0.25) is 0 Å². The van der Waals surface area contributed by atoms with Crippen molar-refractivity contribution in [2.45, 2.75) is 51.2 Å². The first-order chi connectivity index (χ1) is 8.44. The molecule has 0 aliphatic carbocycles. The second-order valence-electron chi connectivity index (χ2n) is 4.25. The van der Waals surface area contributed by atoms with Gasteiger partial charge in [0.25, 0.3) is 10.0 Å². The molecule has 1 unspecified atom stereocenters. The molecule has 0 amide bonds. The topological polar surface area (TPSA) is 90.0 Å². The number of imidazole rings is 1. The lowest BCUT2D eigenvalue weighted by Gasteiger charge is -2.14. The van der Waals surface area contributed by atoms with E-state index in [0.717, 1.165) is 12.8 Å². The maximum atomic E-state index is 12.1. The lowest BCUT2D eigenvalue weighted by molar-refractivity contribution is 0.525. The van der Waals surface area contributed by atoms with Gasteiger partial charge in [0.05, 0.1) is 0 Å². The molecule has 3 N–H and O–H groups in total. The maximum Gasteiger partial charge on any atom is 0.259 e. The molecule has 1 aromatic rings. The van der Waals surface area contributed by atoms with Crippen LogP contribution in [0, 0.1) is 6.92 Å². The number of aryl methyl sites for hydroxylation is 2. The number of hydrogen-bond acceptors (Lipinski definition) is 4. The molecular formula is C11H22N4O2S. The van der Waals surface area contributed by atoms with Gasteiger partial charge in [-0.25, -0.2) is 18.1 Å². The molecule has 0 aliphatic heterocycles. The van der Waals surface area contributed by atoms with Crippen molar-refractivity contribution in [1.82, 2.24) is 14.3 Å². The molecule has 0 saturated heterocycles. The molecule has 0 aromatic carbocycles. The average molecular weight is 274 g/mol. The van der Waals surface area contributed by atoms with Crippen molar-refractivity contribution in [3.8, 4) is 0 Å². The van der Waals surface area contributed by atoms with Crippen molar-refractivity contribution < 1.29 is 8.42 Å². The number of nitrogens with zero attached hydrogens (tertiary/aromatic N) is 2. The molecule has 0 radical (unpaired) electrons. The molecule has 1 rings (SSSR count). The first-order valence-electron chi connectivity index (χ1n) is 6.20. The van der Waals surface area contributed by atoms with Crippen molar-refractivity contribution in [3.63, 3.8) is 0 Å². The van der Waals surface area contributed by atoms with Gasteiger partial charge in [-0.05, 0) is 20.3 Å². The molecule has 104 valence electrons. The van der Waals surface area contributed by atoms with Crippen LogP contribution in [0.2, 0.25) is 0 Å². The zero-order valence-electron chi connectivity index (χ0n) is 11.2. The summed E-state index contributed by atoms with van der Waals surface area (Å²) in [5.74, 6) is 0.692. The monoisotopic (exact) mass is 274 g/mol. The zero-order chi connectivity index (χ0) is 13.8. The predicted molar refractivity (Wildman–Crippen MR) is 70.7 cm³/mol. The molecule has 0 spiro atoms. The fourth-order valence-corrected chi connectivity index (χ4v) is 3.07. The summed E-state index contributed by atoms with van der Waals surface area (Å²) in [4.78, 5) is 4.07. The highest BCUT2D eigenvalue weighted by Gasteiger charge is 2.22. The lowest BCUT2D eigenvalue weighted by Crippen LogP contribution is -2.40. The van der Waals surface area contributed by atoms with Crippen LogP contribution in [0.1, 0.15) is 32.5 Å². The second-order valence-corrected chi connectivity index (χ2v) is 5.92. The van der Waals surface area contributed by atoms with E-state index in [-0.39, 0.29) is 11.1 Å². The second kappa shape index (κ2) is 6.31. The Labute approximate surface area is 109 Å². The Balaban J connectivity index is 2.91. The van der Waals surface area contributed by atoms with Gasteiger partial charge in [-0.15, -0.1) is 0 Å². The lowest BCUT2D eigenvalue weighted by atomic mass is 10.2. The largest absolute Gasteiger partial charge is 0.334 e. The van der Waals surface area contributed by atoms with E-state index >= 15 is 0 Å². The molecule has 7 heteroatoms. The van der Waals surface area contributed by atoms with Gasteiger partial charge in [-0.3, -0.25) is 0 Å². The van der Waals surface area contributed by atoms with Gasteiger partial charge in [0.15, 0.2) is 5.03 Å². The van der Waals surface area contributed by atoms with Crippen molar-refractivity contribution in [2.24, 2.45) is 5.73 Å². The van der Waals surface area contributed by atoms with Crippen LogP contribution in [-0.2, 0) is 16.6 Å². The quantitative estimate of drug-likeness (QED) is 0.762. The molecule has 0 aliphatic rings. The summed E-state index contributed by atoms with van der Waals surface area (Å²) in [6, 6.07) is -0.230. The molecule has 0 bridgehead atoms. The van der Waals surface area contributed by atoms with E-state index in [1.54, 1.807) is 17.7 Å². The summed E-state index contributed by atoms with van der Waals surface area (Å²) < 4.78 is 28.6. The molecule has 1 aromatic heterocycles. The summed E-state index contributed by atoms with van der Waals surface area (Å²) in [6.07, 6.45) is 3.16. The Morgan fingerprint density at radius 2 is 2.17 bits per heavy atom. The minimum atomic E-state index is -3.57. The van der Waals surface area contributed by atoms with Crippen LogP contribution < -0.4 is 10.5 Å². The van der Waals surface area contributed by atoms with E-state index in [4.69, 9.17) is 5.73 Å². The number of rotatable bonds is 7. The summed E-state index contributed by atoms with van der Waals surface area (Å²) in [7, 11) is -3.57. The molecule has 0 fully saturated rings. The highest BCUT2D eigenvalue weighted by Crippen LogP contribution is 2.10. The maximum absolute atomic E-state index is 12.1. The van der Waals surface area contributed by atoms with E-state index in [1.165, 1.54) is 0 Å². The Hall–Kier alpha value is -0.920. The van der Waals surface area contributed by atoms with Crippen molar-refractivity contribution in [1.29, 1.82) is 0 Å². The summed E-state index contributed by atoms with van der Waals surface area (Å²) in [6.45, 7) is 6.71. The molecule has 1 atom stereocenters. The van der Waals surface area contributed by atoms with Gasteiger partial charge in [0, 0.05) is 25.3 Å². The van der Waals surface area contributed by atoms with Crippen LogP contribution in [0.3, 0.4) is 0 Å². The third-order valence-electron chi connectivity index (χ3n) is 2.81. The van der Waals surface area contributed by atoms with Gasteiger partial charge in [-0.2, -0.15) is 0 Å². The van der Waals surface area contributed by atoms with Crippen molar-refractivity contribution in [3.05, 3.63) is 12.0 Å². The van der Waals surface area contributed by atoms with Crippen LogP contribution >= 0.6 is 0 Å². The number of aromatic nitrogens is 2.